The fraction of sp³-hybridized carbons (Fsp3) is 1.00. The molecule has 17 heavy (non-hydrogen) atoms. The Morgan fingerprint density at radius 3 is 2.12 bits per heavy atom. The number of piperidine rings is 1. The van der Waals surface area contributed by atoms with E-state index < -0.39 is 0 Å². The van der Waals surface area contributed by atoms with Gasteiger partial charge in [-0.05, 0) is 45.3 Å². The quantitative estimate of drug-likeness (QED) is 0.644. The molecule has 0 bridgehead atoms. The molecule has 0 saturated carbocycles. The van der Waals surface area contributed by atoms with Crippen LogP contribution in [0.3, 0.4) is 0 Å². The first-order valence-electron chi connectivity index (χ1n) is 7.24. The number of ether oxygens (including phenoxy) is 2. The minimum Gasteiger partial charge on any atom is -0.379 e. The second-order valence-corrected chi connectivity index (χ2v) is 4.15. The lowest BCUT2D eigenvalue weighted by Gasteiger charge is -2.30. The SMILES string of the molecule is CC.CCOCCOCC1CCN(CC)CC1. The van der Waals surface area contributed by atoms with E-state index in [-0.39, 0.29) is 0 Å². The molecule has 0 aromatic carbocycles. The van der Waals surface area contributed by atoms with Crippen molar-refractivity contribution in [2.45, 2.75) is 40.5 Å². The van der Waals surface area contributed by atoms with Gasteiger partial charge >= 0.3 is 0 Å². The van der Waals surface area contributed by atoms with Gasteiger partial charge in [-0.25, -0.2) is 0 Å². The molecule has 104 valence electrons. The highest BCUT2D eigenvalue weighted by atomic mass is 16.5. The molecule has 0 radical (unpaired) electrons. The smallest absolute Gasteiger partial charge is 0.0700 e. The third-order valence-corrected chi connectivity index (χ3v) is 3.08. The Morgan fingerprint density at radius 1 is 1.00 bits per heavy atom. The van der Waals surface area contributed by atoms with E-state index in [1.807, 2.05) is 20.8 Å². The number of hydrogen-bond acceptors (Lipinski definition) is 3. The van der Waals surface area contributed by atoms with Gasteiger partial charge in [-0.15, -0.1) is 0 Å². The zero-order chi connectivity index (χ0) is 12.9. The topological polar surface area (TPSA) is 21.7 Å². The van der Waals surface area contributed by atoms with Crippen molar-refractivity contribution in [3.63, 3.8) is 0 Å². The van der Waals surface area contributed by atoms with Gasteiger partial charge in [0, 0.05) is 13.2 Å². The number of nitrogens with zero attached hydrogens (tertiary/aromatic N) is 1. The Bertz CT molecular complexity index is 145. The summed E-state index contributed by atoms with van der Waals surface area (Å²) in [6, 6.07) is 0. The summed E-state index contributed by atoms with van der Waals surface area (Å²) in [5.74, 6) is 0.773. The van der Waals surface area contributed by atoms with Crippen molar-refractivity contribution in [1.29, 1.82) is 0 Å². The van der Waals surface area contributed by atoms with Crippen molar-refractivity contribution in [2.75, 3.05) is 46.1 Å². The Balaban J connectivity index is 0.00000121. The lowest BCUT2D eigenvalue weighted by Crippen LogP contribution is -2.34. The van der Waals surface area contributed by atoms with Crippen LogP contribution in [-0.2, 0) is 9.47 Å². The number of rotatable bonds is 7. The van der Waals surface area contributed by atoms with Crippen LogP contribution in [0.5, 0.6) is 0 Å². The van der Waals surface area contributed by atoms with E-state index in [1.165, 1.54) is 32.5 Å². The summed E-state index contributed by atoms with van der Waals surface area (Å²) >= 11 is 0. The molecule has 1 aliphatic heterocycles. The maximum Gasteiger partial charge on any atom is 0.0700 e. The van der Waals surface area contributed by atoms with Gasteiger partial charge < -0.3 is 14.4 Å². The molecule has 1 rings (SSSR count). The zero-order valence-corrected chi connectivity index (χ0v) is 12.2. The lowest BCUT2D eigenvalue weighted by molar-refractivity contribution is 0.0250. The molecular weight excluding hydrogens is 214 g/mol. The molecule has 1 fully saturated rings. The first kappa shape index (κ1) is 16.9. The molecule has 0 aliphatic carbocycles. The van der Waals surface area contributed by atoms with E-state index in [2.05, 4.69) is 11.8 Å². The normalized spacial score (nSPS) is 17.6. The number of likely N-dealkylation sites (tertiary alicyclic amines) is 1. The Labute approximate surface area is 107 Å². The molecule has 0 aromatic rings. The fourth-order valence-corrected chi connectivity index (χ4v) is 1.98. The van der Waals surface area contributed by atoms with Crippen molar-refractivity contribution in [3.05, 3.63) is 0 Å². The Morgan fingerprint density at radius 2 is 1.59 bits per heavy atom. The Hall–Kier alpha value is -0.120. The fourth-order valence-electron chi connectivity index (χ4n) is 1.98. The standard InChI is InChI=1S/C12H25NO2.C2H6/c1-3-13-7-5-12(6-8-13)11-15-10-9-14-4-2;1-2/h12H,3-11H2,1-2H3;1-2H3. The van der Waals surface area contributed by atoms with Gasteiger partial charge in [0.05, 0.1) is 13.2 Å². The molecule has 1 heterocycles. The summed E-state index contributed by atoms with van der Waals surface area (Å²) in [5.41, 5.74) is 0. The van der Waals surface area contributed by atoms with Crippen LogP contribution < -0.4 is 0 Å². The van der Waals surface area contributed by atoms with Crippen LogP contribution in [0.4, 0.5) is 0 Å². The lowest BCUT2D eigenvalue weighted by atomic mass is 9.98. The molecule has 3 nitrogen and oxygen atoms in total. The highest BCUT2D eigenvalue weighted by Gasteiger charge is 2.17. The molecule has 0 N–H and O–H groups in total. The first-order valence-corrected chi connectivity index (χ1v) is 7.24. The van der Waals surface area contributed by atoms with Crippen LogP contribution in [0.2, 0.25) is 0 Å². The van der Waals surface area contributed by atoms with Crippen LogP contribution in [0.25, 0.3) is 0 Å². The molecule has 1 saturated heterocycles. The molecule has 0 unspecified atom stereocenters. The summed E-state index contributed by atoms with van der Waals surface area (Å²) in [6.45, 7) is 15.1. The van der Waals surface area contributed by atoms with Gasteiger partial charge in [0.15, 0.2) is 0 Å². The van der Waals surface area contributed by atoms with Crippen molar-refractivity contribution < 1.29 is 9.47 Å². The molecular formula is C14H31NO2. The van der Waals surface area contributed by atoms with Crippen LogP contribution >= 0.6 is 0 Å². The third kappa shape index (κ3) is 8.58. The van der Waals surface area contributed by atoms with Gasteiger partial charge in [-0.2, -0.15) is 0 Å². The number of hydrogen-bond donors (Lipinski definition) is 0. The van der Waals surface area contributed by atoms with Crippen LogP contribution in [0.1, 0.15) is 40.5 Å². The summed E-state index contributed by atoms with van der Waals surface area (Å²) < 4.78 is 10.8. The van der Waals surface area contributed by atoms with Crippen molar-refractivity contribution in [2.24, 2.45) is 5.92 Å². The third-order valence-electron chi connectivity index (χ3n) is 3.08. The van der Waals surface area contributed by atoms with Crippen molar-refractivity contribution in [3.8, 4) is 0 Å². The average Bonchev–Trinajstić information content (AvgIpc) is 2.41. The second kappa shape index (κ2) is 12.3. The summed E-state index contributed by atoms with van der Waals surface area (Å²) in [6.07, 6.45) is 2.59. The van der Waals surface area contributed by atoms with Gasteiger partial charge in [0.25, 0.3) is 0 Å². The van der Waals surface area contributed by atoms with E-state index >= 15 is 0 Å². The molecule has 0 spiro atoms. The predicted octanol–water partition coefficient (Wildman–Crippen LogP) is 2.80. The minimum atomic E-state index is 0.740. The van der Waals surface area contributed by atoms with E-state index in [4.69, 9.17) is 9.47 Å². The minimum absolute atomic E-state index is 0.740. The van der Waals surface area contributed by atoms with Gasteiger partial charge in [0.1, 0.15) is 0 Å². The van der Waals surface area contributed by atoms with Crippen molar-refractivity contribution >= 4 is 0 Å². The average molecular weight is 245 g/mol. The summed E-state index contributed by atoms with van der Waals surface area (Å²) in [4.78, 5) is 2.51. The maximum absolute atomic E-state index is 5.60. The molecule has 0 aromatic heterocycles. The van der Waals surface area contributed by atoms with Gasteiger partial charge in [0.2, 0.25) is 0 Å². The molecule has 0 amide bonds. The molecule has 3 heteroatoms. The summed E-state index contributed by atoms with van der Waals surface area (Å²) in [5, 5.41) is 0. The van der Waals surface area contributed by atoms with Crippen molar-refractivity contribution in [1.82, 2.24) is 4.90 Å². The van der Waals surface area contributed by atoms with E-state index in [9.17, 15) is 0 Å². The first-order chi connectivity index (χ1) is 8.36. The zero-order valence-electron chi connectivity index (χ0n) is 12.2. The highest BCUT2D eigenvalue weighted by molar-refractivity contribution is 4.70. The van der Waals surface area contributed by atoms with E-state index in [0.29, 0.717) is 0 Å². The predicted molar refractivity (Wildman–Crippen MR) is 73.5 cm³/mol. The van der Waals surface area contributed by atoms with Crippen LogP contribution in [0, 0.1) is 5.92 Å². The largest absolute Gasteiger partial charge is 0.379 e. The molecule has 1 aliphatic rings. The van der Waals surface area contributed by atoms with E-state index in [1.54, 1.807) is 0 Å². The Kier molecular flexibility index (Phi) is 12.3. The summed E-state index contributed by atoms with van der Waals surface area (Å²) in [7, 11) is 0. The molecule has 0 atom stereocenters. The van der Waals surface area contributed by atoms with Crippen LogP contribution in [0.15, 0.2) is 0 Å². The highest BCUT2D eigenvalue weighted by Crippen LogP contribution is 2.16. The maximum atomic E-state index is 5.60. The second-order valence-electron chi connectivity index (χ2n) is 4.15. The van der Waals surface area contributed by atoms with Gasteiger partial charge in [-0.1, -0.05) is 20.8 Å². The van der Waals surface area contributed by atoms with E-state index in [0.717, 1.165) is 32.3 Å². The van der Waals surface area contributed by atoms with Gasteiger partial charge in [-0.3, -0.25) is 0 Å². The van der Waals surface area contributed by atoms with Crippen LogP contribution in [-0.4, -0.2) is 51.0 Å². The monoisotopic (exact) mass is 245 g/mol.